The minimum Gasteiger partial charge on any atom is -0.462 e. The van der Waals surface area contributed by atoms with Crippen LogP contribution in [-0.4, -0.2) is 18.5 Å². The van der Waals surface area contributed by atoms with E-state index < -0.39 is 5.97 Å². The minimum atomic E-state index is -0.426. The molecule has 1 aromatic heterocycles. The van der Waals surface area contributed by atoms with Crippen molar-refractivity contribution in [3.63, 3.8) is 0 Å². The number of aryl methyl sites for hydroxylation is 1. The molecule has 2 aromatic rings. The molecule has 0 radical (unpaired) electrons. The number of carbonyl (C=O) groups excluding carboxylic acids is 2. The van der Waals surface area contributed by atoms with Crippen molar-refractivity contribution in [3.8, 4) is 0 Å². The lowest BCUT2D eigenvalue weighted by Crippen LogP contribution is -2.04. The number of nitrogens with one attached hydrogen (secondary N) is 1. The van der Waals surface area contributed by atoms with Gasteiger partial charge in [0.15, 0.2) is 0 Å². The van der Waals surface area contributed by atoms with E-state index in [0.717, 1.165) is 11.3 Å². The van der Waals surface area contributed by atoms with Crippen molar-refractivity contribution in [1.29, 1.82) is 0 Å². The van der Waals surface area contributed by atoms with Gasteiger partial charge in [0.25, 0.3) is 5.91 Å². The van der Waals surface area contributed by atoms with E-state index in [1.165, 1.54) is 0 Å². The number of fused-ring (bicyclic) bond motifs is 1. The SMILES string of the molecule is CCOC(=O)c1cc(C=C2C(=O)Nc3ccccc32)oc1C. The zero-order chi connectivity index (χ0) is 15.7. The summed E-state index contributed by atoms with van der Waals surface area (Å²) >= 11 is 0. The fourth-order valence-corrected chi connectivity index (χ4v) is 2.41. The molecule has 0 aliphatic carbocycles. The number of esters is 1. The third-order valence-corrected chi connectivity index (χ3v) is 3.43. The van der Waals surface area contributed by atoms with Crippen LogP contribution in [0.4, 0.5) is 5.69 Å². The van der Waals surface area contributed by atoms with Crippen LogP contribution in [0.2, 0.25) is 0 Å². The Morgan fingerprint density at radius 3 is 2.91 bits per heavy atom. The van der Waals surface area contributed by atoms with E-state index in [4.69, 9.17) is 9.15 Å². The Morgan fingerprint density at radius 1 is 1.36 bits per heavy atom. The summed E-state index contributed by atoms with van der Waals surface area (Å²) in [6.45, 7) is 3.74. The molecule has 1 amide bonds. The van der Waals surface area contributed by atoms with Crippen LogP contribution in [-0.2, 0) is 9.53 Å². The van der Waals surface area contributed by atoms with Gasteiger partial charge in [0.2, 0.25) is 0 Å². The molecule has 0 bridgehead atoms. The first kappa shape index (κ1) is 14.1. The van der Waals surface area contributed by atoms with E-state index in [9.17, 15) is 9.59 Å². The Morgan fingerprint density at radius 2 is 2.14 bits per heavy atom. The van der Waals surface area contributed by atoms with Crippen molar-refractivity contribution < 1.29 is 18.7 Å². The van der Waals surface area contributed by atoms with Crippen LogP contribution in [0.25, 0.3) is 11.6 Å². The molecule has 1 aliphatic heterocycles. The molecular formula is C17H15NO4. The van der Waals surface area contributed by atoms with Gasteiger partial charge in [-0.15, -0.1) is 0 Å². The highest BCUT2D eigenvalue weighted by molar-refractivity contribution is 6.34. The normalized spacial score (nSPS) is 14.8. The molecule has 112 valence electrons. The molecule has 0 saturated heterocycles. The van der Waals surface area contributed by atoms with Gasteiger partial charge in [0.05, 0.1) is 12.2 Å². The lowest BCUT2D eigenvalue weighted by atomic mass is 10.1. The van der Waals surface area contributed by atoms with Crippen molar-refractivity contribution in [2.24, 2.45) is 0 Å². The first-order valence-corrected chi connectivity index (χ1v) is 7.00. The Hall–Kier alpha value is -2.82. The molecule has 1 N–H and O–H groups in total. The molecule has 0 unspecified atom stereocenters. The van der Waals surface area contributed by atoms with Gasteiger partial charge in [-0.1, -0.05) is 18.2 Å². The van der Waals surface area contributed by atoms with Gasteiger partial charge >= 0.3 is 5.97 Å². The molecule has 1 aromatic carbocycles. The maximum absolute atomic E-state index is 12.1. The Labute approximate surface area is 127 Å². The summed E-state index contributed by atoms with van der Waals surface area (Å²) in [5, 5.41) is 2.79. The number of ether oxygens (including phenoxy) is 1. The van der Waals surface area contributed by atoms with Crippen LogP contribution in [0.3, 0.4) is 0 Å². The highest BCUT2D eigenvalue weighted by atomic mass is 16.5. The quantitative estimate of drug-likeness (QED) is 0.697. The summed E-state index contributed by atoms with van der Waals surface area (Å²) < 4.78 is 10.5. The number of amides is 1. The average Bonchev–Trinajstić information content (AvgIpc) is 3.01. The van der Waals surface area contributed by atoms with E-state index in [1.807, 2.05) is 24.3 Å². The van der Waals surface area contributed by atoms with Crippen LogP contribution in [0.1, 0.15) is 34.4 Å². The van der Waals surface area contributed by atoms with Crippen molar-refractivity contribution >= 4 is 29.2 Å². The van der Waals surface area contributed by atoms with Crippen LogP contribution in [0.15, 0.2) is 34.7 Å². The van der Waals surface area contributed by atoms with Crippen molar-refractivity contribution in [1.82, 2.24) is 0 Å². The zero-order valence-corrected chi connectivity index (χ0v) is 12.3. The number of carbonyl (C=O) groups is 2. The second-order valence-electron chi connectivity index (χ2n) is 4.90. The zero-order valence-electron chi connectivity index (χ0n) is 12.3. The van der Waals surface area contributed by atoms with E-state index in [1.54, 1.807) is 26.0 Å². The van der Waals surface area contributed by atoms with Crippen LogP contribution in [0.5, 0.6) is 0 Å². The van der Waals surface area contributed by atoms with E-state index in [0.29, 0.717) is 29.3 Å². The van der Waals surface area contributed by atoms with Gasteiger partial charge in [-0.2, -0.15) is 0 Å². The van der Waals surface area contributed by atoms with Crippen LogP contribution < -0.4 is 5.32 Å². The molecule has 0 spiro atoms. The van der Waals surface area contributed by atoms with Crippen molar-refractivity contribution in [3.05, 3.63) is 53.0 Å². The monoisotopic (exact) mass is 297 g/mol. The summed E-state index contributed by atoms with van der Waals surface area (Å²) in [6, 6.07) is 9.02. The minimum absolute atomic E-state index is 0.187. The maximum Gasteiger partial charge on any atom is 0.341 e. The number of furan rings is 1. The van der Waals surface area contributed by atoms with Gasteiger partial charge in [-0.05, 0) is 32.1 Å². The van der Waals surface area contributed by atoms with Gasteiger partial charge in [0.1, 0.15) is 17.1 Å². The Balaban J connectivity index is 1.98. The standard InChI is InChI=1S/C17H15NO4/c1-3-21-17(20)13-8-11(22-10(13)2)9-14-12-6-4-5-7-15(12)18-16(14)19/h4-9H,3H2,1-2H3,(H,18,19). The third-order valence-electron chi connectivity index (χ3n) is 3.43. The number of hydrogen-bond donors (Lipinski definition) is 1. The molecule has 3 rings (SSSR count). The average molecular weight is 297 g/mol. The van der Waals surface area contributed by atoms with Crippen molar-refractivity contribution in [2.45, 2.75) is 13.8 Å². The highest BCUT2D eigenvalue weighted by Crippen LogP contribution is 2.33. The molecule has 1 aliphatic rings. The molecule has 22 heavy (non-hydrogen) atoms. The topological polar surface area (TPSA) is 68.5 Å². The number of rotatable bonds is 3. The predicted molar refractivity (Wildman–Crippen MR) is 82.3 cm³/mol. The van der Waals surface area contributed by atoms with Gasteiger partial charge in [0, 0.05) is 11.3 Å². The van der Waals surface area contributed by atoms with E-state index in [2.05, 4.69) is 5.32 Å². The lowest BCUT2D eigenvalue weighted by molar-refractivity contribution is -0.110. The maximum atomic E-state index is 12.1. The largest absolute Gasteiger partial charge is 0.462 e. The highest BCUT2D eigenvalue weighted by Gasteiger charge is 2.24. The fraction of sp³-hybridized carbons (Fsp3) is 0.176. The van der Waals surface area contributed by atoms with Gasteiger partial charge in [-0.3, -0.25) is 4.79 Å². The Bertz CT molecular complexity index is 786. The lowest BCUT2D eigenvalue weighted by Gasteiger charge is -1.97. The summed E-state index contributed by atoms with van der Waals surface area (Å²) in [4.78, 5) is 23.8. The molecule has 5 heteroatoms. The molecule has 2 heterocycles. The van der Waals surface area contributed by atoms with E-state index >= 15 is 0 Å². The smallest absolute Gasteiger partial charge is 0.341 e. The first-order valence-electron chi connectivity index (χ1n) is 7.00. The molecule has 0 fully saturated rings. The van der Waals surface area contributed by atoms with Crippen LogP contribution in [0, 0.1) is 6.92 Å². The third kappa shape index (κ3) is 2.41. The molecular weight excluding hydrogens is 282 g/mol. The number of anilines is 1. The summed E-state index contributed by atoms with van der Waals surface area (Å²) in [6.07, 6.45) is 1.64. The molecule has 0 atom stereocenters. The van der Waals surface area contributed by atoms with E-state index in [-0.39, 0.29) is 5.91 Å². The number of benzene rings is 1. The summed E-state index contributed by atoms with van der Waals surface area (Å²) in [7, 11) is 0. The summed E-state index contributed by atoms with van der Waals surface area (Å²) in [5.74, 6) is 0.303. The predicted octanol–water partition coefficient (Wildman–Crippen LogP) is 3.26. The van der Waals surface area contributed by atoms with Crippen LogP contribution >= 0.6 is 0 Å². The number of hydrogen-bond acceptors (Lipinski definition) is 4. The van der Waals surface area contributed by atoms with Gasteiger partial charge in [-0.25, -0.2) is 4.79 Å². The summed E-state index contributed by atoms with van der Waals surface area (Å²) in [5.41, 5.74) is 2.48. The second kappa shape index (κ2) is 5.52. The number of para-hydroxylation sites is 1. The molecule has 0 saturated carbocycles. The first-order chi connectivity index (χ1) is 10.6. The molecule has 5 nitrogen and oxygen atoms in total. The Kier molecular flexibility index (Phi) is 3.55. The van der Waals surface area contributed by atoms with Crippen molar-refractivity contribution in [2.75, 3.05) is 11.9 Å². The fourth-order valence-electron chi connectivity index (χ4n) is 2.41. The van der Waals surface area contributed by atoms with Gasteiger partial charge < -0.3 is 14.5 Å². The second-order valence-corrected chi connectivity index (χ2v) is 4.90.